The van der Waals surface area contributed by atoms with Gasteiger partial charge in [0.1, 0.15) is 11.3 Å². The molecule has 1 N–H and O–H groups in total. The number of furan rings is 1. The molecule has 0 aliphatic carbocycles. The number of likely N-dealkylation sites (tertiary alicyclic amines) is 1. The first kappa shape index (κ1) is 10.4. The first-order chi connectivity index (χ1) is 8.22. The number of benzene rings is 1. The van der Waals surface area contributed by atoms with Gasteiger partial charge in [-0.15, -0.1) is 0 Å². The van der Waals surface area contributed by atoms with E-state index in [-0.39, 0.29) is 12.3 Å². The summed E-state index contributed by atoms with van der Waals surface area (Å²) in [5.74, 6) is 0.742. The monoisotopic (exact) mass is 231 g/mol. The van der Waals surface area contributed by atoms with E-state index in [0.29, 0.717) is 13.1 Å². The molecule has 1 saturated heterocycles. The second-order valence-corrected chi connectivity index (χ2v) is 4.38. The van der Waals surface area contributed by atoms with Crippen LogP contribution in [0.1, 0.15) is 12.2 Å². The Bertz CT molecular complexity index is 528. The van der Waals surface area contributed by atoms with Crippen molar-refractivity contribution >= 4 is 16.9 Å². The molecule has 17 heavy (non-hydrogen) atoms. The Morgan fingerprint density at radius 3 is 2.94 bits per heavy atom. The molecule has 0 spiro atoms. The van der Waals surface area contributed by atoms with Gasteiger partial charge in [-0.25, -0.2) is 0 Å². The lowest BCUT2D eigenvalue weighted by molar-refractivity contribution is -0.128. The van der Waals surface area contributed by atoms with Gasteiger partial charge in [0.25, 0.3) is 0 Å². The third-order valence-corrected chi connectivity index (χ3v) is 3.02. The van der Waals surface area contributed by atoms with Crippen LogP contribution in [0.25, 0.3) is 11.0 Å². The van der Waals surface area contributed by atoms with Crippen LogP contribution in [0.5, 0.6) is 0 Å². The number of nitrogens with zero attached hydrogens (tertiary/aromatic N) is 1. The number of para-hydroxylation sites is 1. The third-order valence-electron chi connectivity index (χ3n) is 3.02. The average Bonchev–Trinajstić information content (AvgIpc) is 2.82. The van der Waals surface area contributed by atoms with E-state index in [0.717, 1.165) is 16.7 Å². The Hall–Kier alpha value is -1.81. The average molecular weight is 231 g/mol. The summed E-state index contributed by atoms with van der Waals surface area (Å²) in [5, 5.41) is 10.4. The zero-order chi connectivity index (χ0) is 11.8. The molecule has 1 atom stereocenters. The van der Waals surface area contributed by atoms with Gasteiger partial charge in [0.05, 0.1) is 19.1 Å². The van der Waals surface area contributed by atoms with Gasteiger partial charge in [-0.1, -0.05) is 18.2 Å². The zero-order valence-corrected chi connectivity index (χ0v) is 9.30. The van der Waals surface area contributed by atoms with Crippen molar-refractivity contribution in [1.82, 2.24) is 4.90 Å². The number of carbonyl (C=O) groups is 1. The highest BCUT2D eigenvalue weighted by Gasteiger charge is 2.28. The lowest BCUT2D eigenvalue weighted by Crippen LogP contribution is -2.24. The zero-order valence-electron chi connectivity index (χ0n) is 9.30. The topological polar surface area (TPSA) is 53.7 Å². The molecule has 1 aromatic carbocycles. The molecule has 1 fully saturated rings. The summed E-state index contributed by atoms with van der Waals surface area (Å²) < 4.78 is 5.64. The lowest BCUT2D eigenvalue weighted by atomic mass is 10.2. The van der Waals surface area contributed by atoms with E-state index in [1.807, 2.05) is 30.3 Å². The van der Waals surface area contributed by atoms with Gasteiger partial charge in [-0.3, -0.25) is 4.79 Å². The van der Waals surface area contributed by atoms with Crippen molar-refractivity contribution < 1.29 is 14.3 Å². The summed E-state index contributed by atoms with van der Waals surface area (Å²) in [6.45, 7) is 0.834. The van der Waals surface area contributed by atoms with Crippen LogP contribution in [0.3, 0.4) is 0 Å². The molecule has 0 bridgehead atoms. The molecule has 4 nitrogen and oxygen atoms in total. The molecule has 1 aromatic heterocycles. The fourth-order valence-corrected chi connectivity index (χ4v) is 2.21. The Kier molecular flexibility index (Phi) is 2.37. The van der Waals surface area contributed by atoms with Crippen molar-refractivity contribution in [1.29, 1.82) is 0 Å². The van der Waals surface area contributed by atoms with E-state index in [2.05, 4.69) is 0 Å². The van der Waals surface area contributed by atoms with Crippen molar-refractivity contribution in [3.05, 3.63) is 36.1 Å². The van der Waals surface area contributed by atoms with Crippen LogP contribution >= 0.6 is 0 Å². The maximum atomic E-state index is 11.5. The molecule has 88 valence electrons. The molecule has 3 rings (SSSR count). The van der Waals surface area contributed by atoms with Crippen LogP contribution in [-0.2, 0) is 11.3 Å². The second-order valence-electron chi connectivity index (χ2n) is 4.38. The maximum Gasteiger partial charge on any atom is 0.225 e. The van der Waals surface area contributed by atoms with E-state index in [1.165, 1.54) is 0 Å². The predicted octanol–water partition coefficient (Wildman–Crippen LogP) is 1.53. The summed E-state index contributed by atoms with van der Waals surface area (Å²) in [6.07, 6.45) is -0.313. The van der Waals surface area contributed by atoms with Gasteiger partial charge in [0, 0.05) is 11.9 Å². The summed E-state index contributed by atoms with van der Waals surface area (Å²) in [6, 6.07) is 9.68. The van der Waals surface area contributed by atoms with Gasteiger partial charge in [0.2, 0.25) is 5.91 Å². The van der Waals surface area contributed by atoms with Crippen LogP contribution in [0.4, 0.5) is 0 Å². The van der Waals surface area contributed by atoms with E-state index in [9.17, 15) is 9.90 Å². The van der Waals surface area contributed by atoms with Crippen LogP contribution in [0.15, 0.2) is 34.7 Å². The standard InChI is InChI=1S/C13H13NO3/c15-10-6-13(16)14(7-10)8-11-5-9-3-1-2-4-12(9)17-11/h1-5,10,15H,6-8H2. The van der Waals surface area contributed by atoms with Gasteiger partial charge < -0.3 is 14.4 Å². The van der Waals surface area contributed by atoms with Crippen LogP contribution < -0.4 is 0 Å². The van der Waals surface area contributed by atoms with Crippen molar-refractivity contribution in [2.24, 2.45) is 0 Å². The molecule has 1 aliphatic heterocycles. The highest BCUT2D eigenvalue weighted by Crippen LogP contribution is 2.22. The van der Waals surface area contributed by atoms with Crippen molar-refractivity contribution in [3.8, 4) is 0 Å². The maximum absolute atomic E-state index is 11.5. The fraction of sp³-hybridized carbons (Fsp3) is 0.308. The summed E-state index contributed by atoms with van der Waals surface area (Å²) in [4.78, 5) is 13.2. The van der Waals surface area contributed by atoms with Gasteiger partial charge >= 0.3 is 0 Å². The van der Waals surface area contributed by atoms with E-state index < -0.39 is 6.10 Å². The third kappa shape index (κ3) is 1.91. The first-order valence-corrected chi connectivity index (χ1v) is 5.65. The van der Waals surface area contributed by atoms with Crippen molar-refractivity contribution in [3.63, 3.8) is 0 Å². The minimum atomic E-state index is -0.535. The van der Waals surface area contributed by atoms with Gasteiger partial charge in [-0.05, 0) is 12.1 Å². The molecule has 0 radical (unpaired) electrons. The number of carbonyl (C=O) groups excluding carboxylic acids is 1. The molecular formula is C13H13NO3. The molecule has 2 heterocycles. The Balaban J connectivity index is 1.83. The molecule has 4 heteroatoms. The molecule has 0 saturated carbocycles. The number of fused-ring (bicyclic) bond motifs is 1. The highest BCUT2D eigenvalue weighted by atomic mass is 16.3. The van der Waals surface area contributed by atoms with Crippen LogP contribution in [0, 0.1) is 0 Å². The molecule has 1 aliphatic rings. The molecule has 1 amide bonds. The van der Waals surface area contributed by atoms with E-state index in [4.69, 9.17) is 4.42 Å². The molecule has 1 unspecified atom stereocenters. The van der Waals surface area contributed by atoms with Crippen LogP contribution in [-0.4, -0.2) is 28.6 Å². The SMILES string of the molecule is O=C1CC(O)CN1Cc1cc2ccccc2o1. The second kappa shape index (κ2) is 3.89. The minimum Gasteiger partial charge on any atom is -0.459 e. The molecular weight excluding hydrogens is 218 g/mol. The van der Waals surface area contributed by atoms with Crippen LogP contribution in [0.2, 0.25) is 0 Å². The van der Waals surface area contributed by atoms with Crippen molar-refractivity contribution in [2.75, 3.05) is 6.54 Å². The highest BCUT2D eigenvalue weighted by molar-refractivity contribution is 5.80. The number of hydrogen-bond acceptors (Lipinski definition) is 3. The number of aliphatic hydroxyl groups is 1. The van der Waals surface area contributed by atoms with Crippen molar-refractivity contribution in [2.45, 2.75) is 19.1 Å². The summed E-state index contributed by atoms with van der Waals surface area (Å²) in [7, 11) is 0. The smallest absolute Gasteiger partial charge is 0.225 e. The Morgan fingerprint density at radius 2 is 2.24 bits per heavy atom. The number of rotatable bonds is 2. The van der Waals surface area contributed by atoms with E-state index in [1.54, 1.807) is 4.90 Å². The lowest BCUT2D eigenvalue weighted by Gasteiger charge is -2.13. The Morgan fingerprint density at radius 1 is 1.41 bits per heavy atom. The fourth-order valence-electron chi connectivity index (χ4n) is 2.21. The summed E-state index contributed by atoms with van der Waals surface area (Å²) >= 11 is 0. The van der Waals surface area contributed by atoms with E-state index >= 15 is 0 Å². The number of hydrogen-bond donors (Lipinski definition) is 1. The van der Waals surface area contributed by atoms with Gasteiger partial charge in [-0.2, -0.15) is 0 Å². The summed E-state index contributed by atoms with van der Waals surface area (Å²) in [5.41, 5.74) is 0.828. The first-order valence-electron chi connectivity index (χ1n) is 5.65. The van der Waals surface area contributed by atoms with Gasteiger partial charge in [0.15, 0.2) is 0 Å². The number of β-amino-alcohol motifs (C(OH)–C–C–N with tert-alkyl or cyclic N) is 1. The number of aliphatic hydroxyl groups excluding tert-OH is 1. The Labute approximate surface area is 98.4 Å². The predicted molar refractivity (Wildman–Crippen MR) is 62.3 cm³/mol. The number of amides is 1. The normalized spacial score (nSPS) is 20.4. The quantitative estimate of drug-likeness (QED) is 0.852. The minimum absolute atomic E-state index is 0.0158. The largest absolute Gasteiger partial charge is 0.459 e. The molecule has 2 aromatic rings.